The van der Waals surface area contributed by atoms with Gasteiger partial charge < -0.3 is 4.74 Å². The first-order valence-electron chi connectivity index (χ1n) is 6.57. The lowest BCUT2D eigenvalue weighted by atomic mass is 10.1. The fourth-order valence-corrected chi connectivity index (χ4v) is 2.67. The maximum Gasteiger partial charge on any atom is 0.121 e. The molecule has 0 atom stereocenters. The molecule has 94 valence electrons. The third-order valence-electron chi connectivity index (χ3n) is 3.70. The lowest BCUT2D eigenvalue weighted by molar-refractivity contribution is 0.414. The van der Waals surface area contributed by atoms with Crippen molar-refractivity contribution in [1.82, 2.24) is 9.78 Å². The van der Waals surface area contributed by atoms with E-state index in [1.807, 2.05) is 35.1 Å². The first kappa shape index (κ1) is 11.3. The summed E-state index contributed by atoms with van der Waals surface area (Å²) >= 11 is 0. The molecule has 0 saturated heterocycles. The quantitative estimate of drug-likeness (QED) is 0.823. The summed E-state index contributed by atoms with van der Waals surface area (Å²) in [5.74, 6) is 1.53. The molecule has 0 spiro atoms. The van der Waals surface area contributed by atoms with E-state index in [9.17, 15) is 0 Å². The molecular formula is C15H18N2O. The SMILES string of the molecule is COc1cccc(-n2ccc(C3CCCC3)n2)c1. The molecule has 1 aliphatic rings. The fourth-order valence-electron chi connectivity index (χ4n) is 2.67. The molecule has 2 aromatic rings. The second-order valence-corrected chi connectivity index (χ2v) is 4.87. The molecule has 1 aromatic carbocycles. The minimum absolute atomic E-state index is 0.664. The fraction of sp³-hybridized carbons (Fsp3) is 0.400. The third-order valence-corrected chi connectivity index (χ3v) is 3.70. The van der Waals surface area contributed by atoms with Crippen LogP contribution < -0.4 is 4.74 Å². The summed E-state index contributed by atoms with van der Waals surface area (Å²) in [5.41, 5.74) is 2.29. The summed E-state index contributed by atoms with van der Waals surface area (Å²) in [6.07, 6.45) is 7.31. The Kier molecular flexibility index (Phi) is 3.05. The summed E-state index contributed by atoms with van der Waals surface area (Å²) in [4.78, 5) is 0. The van der Waals surface area contributed by atoms with Crippen molar-refractivity contribution in [3.05, 3.63) is 42.2 Å². The van der Waals surface area contributed by atoms with E-state index in [2.05, 4.69) is 6.07 Å². The van der Waals surface area contributed by atoms with E-state index in [0.717, 1.165) is 11.4 Å². The highest BCUT2D eigenvalue weighted by Crippen LogP contribution is 2.33. The highest BCUT2D eigenvalue weighted by atomic mass is 16.5. The first-order valence-corrected chi connectivity index (χ1v) is 6.57. The molecule has 1 saturated carbocycles. The van der Waals surface area contributed by atoms with Gasteiger partial charge in [0.25, 0.3) is 0 Å². The van der Waals surface area contributed by atoms with Crippen LogP contribution in [0.2, 0.25) is 0 Å². The molecule has 0 aliphatic heterocycles. The molecule has 3 nitrogen and oxygen atoms in total. The van der Waals surface area contributed by atoms with Gasteiger partial charge in [-0.05, 0) is 31.0 Å². The normalized spacial score (nSPS) is 16.1. The summed E-state index contributed by atoms with van der Waals surface area (Å²) in [6, 6.07) is 10.1. The zero-order valence-electron chi connectivity index (χ0n) is 10.7. The number of benzene rings is 1. The molecule has 3 heteroatoms. The largest absolute Gasteiger partial charge is 0.497 e. The Morgan fingerprint density at radius 1 is 1.22 bits per heavy atom. The highest BCUT2D eigenvalue weighted by Gasteiger charge is 2.19. The van der Waals surface area contributed by atoms with Gasteiger partial charge in [0, 0.05) is 18.2 Å². The van der Waals surface area contributed by atoms with E-state index in [1.54, 1.807) is 7.11 Å². The molecule has 1 aromatic heterocycles. The van der Waals surface area contributed by atoms with E-state index >= 15 is 0 Å². The zero-order valence-corrected chi connectivity index (χ0v) is 10.7. The maximum absolute atomic E-state index is 5.24. The molecule has 18 heavy (non-hydrogen) atoms. The van der Waals surface area contributed by atoms with Crippen LogP contribution in [0.4, 0.5) is 0 Å². The third kappa shape index (κ3) is 2.13. The minimum atomic E-state index is 0.664. The summed E-state index contributed by atoms with van der Waals surface area (Å²) in [5, 5.41) is 4.70. The standard InChI is InChI=1S/C15H18N2O/c1-18-14-8-4-7-13(11-14)17-10-9-15(16-17)12-5-2-3-6-12/h4,7-12H,2-3,5-6H2,1H3. The van der Waals surface area contributed by atoms with Crippen molar-refractivity contribution in [2.24, 2.45) is 0 Å². The molecule has 0 N–H and O–H groups in total. The Morgan fingerprint density at radius 2 is 2.06 bits per heavy atom. The van der Waals surface area contributed by atoms with Crippen molar-refractivity contribution in [3.8, 4) is 11.4 Å². The summed E-state index contributed by atoms with van der Waals surface area (Å²) in [6.45, 7) is 0. The number of nitrogens with zero attached hydrogens (tertiary/aromatic N) is 2. The van der Waals surface area contributed by atoms with E-state index in [4.69, 9.17) is 9.84 Å². The second-order valence-electron chi connectivity index (χ2n) is 4.87. The highest BCUT2D eigenvalue weighted by molar-refractivity contribution is 5.38. The van der Waals surface area contributed by atoms with Gasteiger partial charge in [-0.25, -0.2) is 4.68 Å². The van der Waals surface area contributed by atoms with E-state index in [0.29, 0.717) is 5.92 Å². The molecule has 1 aliphatic carbocycles. The Bertz CT molecular complexity index is 527. The van der Waals surface area contributed by atoms with Crippen LogP contribution >= 0.6 is 0 Å². The van der Waals surface area contributed by atoms with E-state index in [1.165, 1.54) is 31.4 Å². The van der Waals surface area contributed by atoms with Crippen molar-refractivity contribution < 1.29 is 4.74 Å². The lowest BCUT2D eigenvalue weighted by Crippen LogP contribution is -1.99. The van der Waals surface area contributed by atoms with Crippen LogP contribution in [-0.4, -0.2) is 16.9 Å². The molecule has 3 rings (SSSR count). The molecule has 1 fully saturated rings. The lowest BCUT2D eigenvalue weighted by Gasteiger charge is -2.06. The molecule has 0 amide bonds. The van der Waals surface area contributed by atoms with E-state index in [-0.39, 0.29) is 0 Å². The first-order chi connectivity index (χ1) is 8.86. The predicted octanol–water partition coefficient (Wildman–Crippen LogP) is 3.54. The van der Waals surface area contributed by atoms with Gasteiger partial charge in [-0.2, -0.15) is 5.10 Å². The number of hydrogen-bond donors (Lipinski definition) is 0. The van der Waals surface area contributed by atoms with Gasteiger partial charge in [-0.15, -0.1) is 0 Å². The molecule has 0 unspecified atom stereocenters. The number of hydrogen-bond acceptors (Lipinski definition) is 2. The van der Waals surface area contributed by atoms with Crippen molar-refractivity contribution in [3.63, 3.8) is 0 Å². The Morgan fingerprint density at radius 3 is 2.83 bits per heavy atom. The van der Waals surface area contributed by atoms with Gasteiger partial charge in [0.2, 0.25) is 0 Å². The van der Waals surface area contributed by atoms with Crippen LogP contribution in [0.15, 0.2) is 36.5 Å². The molecular weight excluding hydrogens is 224 g/mol. The van der Waals surface area contributed by atoms with Gasteiger partial charge in [0.15, 0.2) is 0 Å². The van der Waals surface area contributed by atoms with Crippen LogP contribution in [0.3, 0.4) is 0 Å². The summed E-state index contributed by atoms with van der Waals surface area (Å²) in [7, 11) is 1.69. The smallest absolute Gasteiger partial charge is 0.121 e. The average molecular weight is 242 g/mol. The molecule has 1 heterocycles. The second kappa shape index (κ2) is 4.84. The van der Waals surface area contributed by atoms with Gasteiger partial charge >= 0.3 is 0 Å². The summed E-state index contributed by atoms with van der Waals surface area (Å²) < 4.78 is 7.18. The van der Waals surface area contributed by atoms with Crippen molar-refractivity contribution >= 4 is 0 Å². The Balaban J connectivity index is 1.87. The minimum Gasteiger partial charge on any atom is -0.497 e. The van der Waals surface area contributed by atoms with Crippen LogP contribution in [0.1, 0.15) is 37.3 Å². The van der Waals surface area contributed by atoms with Gasteiger partial charge in [-0.3, -0.25) is 0 Å². The number of methoxy groups -OCH3 is 1. The number of aromatic nitrogens is 2. The van der Waals surface area contributed by atoms with Crippen molar-refractivity contribution in [1.29, 1.82) is 0 Å². The predicted molar refractivity (Wildman–Crippen MR) is 71.3 cm³/mol. The van der Waals surface area contributed by atoms with Crippen LogP contribution in [0, 0.1) is 0 Å². The van der Waals surface area contributed by atoms with Crippen molar-refractivity contribution in [2.45, 2.75) is 31.6 Å². The Labute approximate surface area is 107 Å². The zero-order chi connectivity index (χ0) is 12.4. The maximum atomic E-state index is 5.24. The topological polar surface area (TPSA) is 27.1 Å². The number of rotatable bonds is 3. The Hall–Kier alpha value is -1.77. The van der Waals surface area contributed by atoms with Gasteiger partial charge in [-0.1, -0.05) is 18.9 Å². The molecule has 0 bridgehead atoms. The number of ether oxygens (including phenoxy) is 1. The van der Waals surface area contributed by atoms with Crippen LogP contribution in [0.25, 0.3) is 5.69 Å². The van der Waals surface area contributed by atoms with Crippen molar-refractivity contribution in [2.75, 3.05) is 7.11 Å². The van der Waals surface area contributed by atoms with Crippen LogP contribution in [-0.2, 0) is 0 Å². The average Bonchev–Trinajstić information content (AvgIpc) is 3.09. The molecule has 0 radical (unpaired) electrons. The van der Waals surface area contributed by atoms with Crippen LogP contribution in [0.5, 0.6) is 5.75 Å². The van der Waals surface area contributed by atoms with E-state index < -0.39 is 0 Å². The van der Waals surface area contributed by atoms with Gasteiger partial charge in [0.05, 0.1) is 18.5 Å². The monoisotopic (exact) mass is 242 g/mol. The van der Waals surface area contributed by atoms with Gasteiger partial charge in [0.1, 0.15) is 5.75 Å².